The fourth-order valence-electron chi connectivity index (χ4n) is 3.30. The van der Waals surface area contributed by atoms with E-state index in [2.05, 4.69) is 5.32 Å². The van der Waals surface area contributed by atoms with E-state index in [1.54, 1.807) is 36.1 Å². The number of anilines is 2. The van der Waals surface area contributed by atoms with Crippen LogP contribution in [0.5, 0.6) is 11.5 Å². The highest BCUT2D eigenvalue weighted by molar-refractivity contribution is 6.03. The Morgan fingerprint density at radius 1 is 1.15 bits per heavy atom. The lowest BCUT2D eigenvalue weighted by Gasteiger charge is -2.22. The van der Waals surface area contributed by atoms with Gasteiger partial charge < -0.3 is 19.7 Å². The molecule has 1 atom stereocenters. The first-order valence-electron chi connectivity index (χ1n) is 8.78. The molecule has 4 rings (SSSR count). The van der Waals surface area contributed by atoms with E-state index in [0.29, 0.717) is 36.1 Å². The minimum atomic E-state index is -0.506. The van der Waals surface area contributed by atoms with Crippen molar-refractivity contribution in [1.82, 2.24) is 0 Å². The number of carbonyl (C=O) groups is 2. The molecule has 0 saturated carbocycles. The van der Waals surface area contributed by atoms with Crippen molar-refractivity contribution in [3.8, 4) is 11.5 Å². The lowest BCUT2D eigenvalue weighted by atomic mass is 10.1. The zero-order valence-electron chi connectivity index (χ0n) is 14.8. The Labute approximate surface area is 155 Å². The van der Waals surface area contributed by atoms with Gasteiger partial charge in [-0.1, -0.05) is 6.07 Å². The van der Waals surface area contributed by atoms with Gasteiger partial charge in [-0.3, -0.25) is 9.59 Å². The molecule has 2 aliphatic rings. The molecule has 0 aromatic heterocycles. The summed E-state index contributed by atoms with van der Waals surface area (Å²) >= 11 is 0. The molecule has 1 N–H and O–H groups in total. The van der Waals surface area contributed by atoms with E-state index < -0.39 is 11.7 Å². The first kappa shape index (κ1) is 17.3. The molecular formula is C20H19FN2O4. The molecule has 0 aliphatic carbocycles. The van der Waals surface area contributed by atoms with Crippen LogP contribution < -0.4 is 19.7 Å². The van der Waals surface area contributed by atoms with Crippen LogP contribution in [-0.2, 0) is 9.59 Å². The van der Waals surface area contributed by atoms with Gasteiger partial charge in [0.2, 0.25) is 11.8 Å². The van der Waals surface area contributed by atoms with Gasteiger partial charge in [0.25, 0.3) is 0 Å². The fraction of sp³-hybridized carbons (Fsp3) is 0.300. The van der Waals surface area contributed by atoms with Crippen LogP contribution in [0.15, 0.2) is 36.4 Å². The molecule has 0 spiro atoms. The number of fused-ring (bicyclic) bond motifs is 1. The van der Waals surface area contributed by atoms with Gasteiger partial charge in [0.1, 0.15) is 19.0 Å². The summed E-state index contributed by atoms with van der Waals surface area (Å²) in [6, 6.07) is 9.52. The van der Waals surface area contributed by atoms with E-state index in [1.807, 2.05) is 0 Å². The van der Waals surface area contributed by atoms with E-state index in [0.717, 1.165) is 5.56 Å². The van der Waals surface area contributed by atoms with E-state index in [1.165, 1.54) is 12.1 Å². The van der Waals surface area contributed by atoms with Crippen molar-refractivity contribution in [3.05, 3.63) is 47.8 Å². The van der Waals surface area contributed by atoms with Gasteiger partial charge in [-0.25, -0.2) is 4.39 Å². The van der Waals surface area contributed by atoms with Gasteiger partial charge in [0.05, 0.1) is 5.92 Å². The smallest absolute Gasteiger partial charge is 0.229 e. The summed E-state index contributed by atoms with van der Waals surface area (Å²) < 4.78 is 24.5. The number of nitrogens with zero attached hydrogens (tertiary/aromatic N) is 1. The number of amides is 2. The van der Waals surface area contributed by atoms with Crippen LogP contribution in [0, 0.1) is 18.7 Å². The molecular weight excluding hydrogens is 351 g/mol. The molecule has 0 radical (unpaired) electrons. The molecule has 2 heterocycles. The molecule has 0 unspecified atom stereocenters. The number of rotatable bonds is 3. The average molecular weight is 370 g/mol. The van der Waals surface area contributed by atoms with Gasteiger partial charge in [-0.15, -0.1) is 0 Å². The highest BCUT2D eigenvalue weighted by atomic mass is 19.1. The first-order chi connectivity index (χ1) is 13.0. The summed E-state index contributed by atoms with van der Waals surface area (Å²) in [5.74, 6) is -0.119. The molecule has 1 fully saturated rings. The number of hydrogen-bond acceptors (Lipinski definition) is 4. The Morgan fingerprint density at radius 2 is 1.93 bits per heavy atom. The highest BCUT2D eigenvalue weighted by Crippen LogP contribution is 2.36. The van der Waals surface area contributed by atoms with E-state index in [4.69, 9.17) is 9.47 Å². The van der Waals surface area contributed by atoms with E-state index in [-0.39, 0.29) is 24.8 Å². The van der Waals surface area contributed by atoms with Crippen LogP contribution in [0.4, 0.5) is 15.8 Å². The average Bonchev–Trinajstić information content (AvgIpc) is 3.06. The third kappa shape index (κ3) is 3.45. The molecule has 2 amide bonds. The first-order valence-corrected chi connectivity index (χ1v) is 8.78. The highest BCUT2D eigenvalue weighted by Gasteiger charge is 2.35. The van der Waals surface area contributed by atoms with Crippen LogP contribution in [0.2, 0.25) is 0 Å². The monoisotopic (exact) mass is 370 g/mol. The number of nitrogens with one attached hydrogen (secondary N) is 1. The SMILES string of the molecule is Cc1ccc(F)cc1NC(=O)[C@@H]1CC(=O)N(c2ccc3c(c2)OCCO3)C1. The second-order valence-electron chi connectivity index (χ2n) is 6.68. The summed E-state index contributed by atoms with van der Waals surface area (Å²) in [6.45, 7) is 3.01. The van der Waals surface area contributed by atoms with Crippen molar-refractivity contribution in [2.24, 2.45) is 5.92 Å². The van der Waals surface area contributed by atoms with Gasteiger partial charge in [-0.05, 0) is 36.8 Å². The number of hydrogen-bond donors (Lipinski definition) is 1. The van der Waals surface area contributed by atoms with Gasteiger partial charge in [-0.2, -0.15) is 0 Å². The number of halogens is 1. The molecule has 2 aromatic carbocycles. The van der Waals surface area contributed by atoms with Crippen molar-refractivity contribution < 1.29 is 23.5 Å². The van der Waals surface area contributed by atoms with Crippen molar-refractivity contribution in [2.75, 3.05) is 30.0 Å². The molecule has 6 nitrogen and oxygen atoms in total. The topological polar surface area (TPSA) is 67.9 Å². The van der Waals surface area contributed by atoms with Crippen molar-refractivity contribution in [2.45, 2.75) is 13.3 Å². The molecule has 2 aliphatic heterocycles. The van der Waals surface area contributed by atoms with Crippen molar-refractivity contribution >= 4 is 23.2 Å². The molecule has 2 aromatic rings. The maximum absolute atomic E-state index is 13.4. The number of ether oxygens (including phenoxy) is 2. The van der Waals surface area contributed by atoms with Crippen LogP contribution in [-0.4, -0.2) is 31.6 Å². The Morgan fingerprint density at radius 3 is 2.74 bits per heavy atom. The van der Waals surface area contributed by atoms with E-state index in [9.17, 15) is 14.0 Å². The maximum atomic E-state index is 13.4. The quantitative estimate of drug-likeness (QED) is 0.902. The lowest BCUT2D eigenvalue weighted by Crippen LogP contribution is -2.28. The lowest BCUT2D eigenvalue weighted by molar-refractivity contribution is -0.122. The Kier molecular flexibility index (Phi) is 4.43. The third-order valence-corrected chi connectivity index (χ3v) is 4.79. The Bertz CT molecular complexity index is 915. The van der Waals surface area contributed by atoms with Gasteiger partial charge in [0, 0.05) is 30.4 Å². The summed E-state index contributed by atoms with van der Waals surface area (Å²) in [5.41, 5.74) is 1.85. The summed E-state index contributed by atoms with van der Waals surface area (Å²) in [6.07, 6.45) is 0.106. The predicted octanol–water partition coefficient (Wildman–Crippen LogP) is 2.90. The number of aryl methyl sites for hydroxylation is 1. The van der Waals surface area contributed by atoms with E-state index >= 15 is 0 Å². The molecule has 1 saturated heterocycles. The summed E-state index contributed by atoms with van der Waals surface area (Å²) in [5, 5.41) is 2.73. The normalized spacial score (nSPS) is 18.5. The van der Waals surface area contributed by atoms with Crippen LogP contribution in [0.25, 0.3) is 0 Å². The molecule has 27 heavy (non-hydrogen) atoms. The van der Waals surface area contributed by atoms with Crippen LogP contribution in [0.3, 0.4) is 0 Å². The molecule has 140 valence electrons. The minimum absolute atomic E-state index is 0.106. The van der Waals surface area contributed by atoms with Crippen LogP contribution >= 0.6 is 0 Å². The zero-order chi connectivity index (χ0) is 19.0. The molecule has 7 heteroatoms. The summed E-state index contributed by atoms with van der Waals surface area (Å²) in [4.78, 5) is 26.6. The fourth-order valence-corrected chi connectivity index (χ4v) is 3.30. The number of benzene rings is 2. The Balaban J connectivity index is 1.49. The zero-order valence-corrected chi connectivity index (χ0v) is 14.8. The van der Waals surface area contributed by atoms with Crippen molar-refractivity contribution in [1.29, 1.82) is 0 Å². The van der Waals surface area contributed by atoms with Gasteiger partial charge in [0.15, 0.2) is 11.5 Å². The predicted molar refractivity (Wildman–Crippen MR) is 97.7 cm³/mol. The Hall–Kier alpha value is -3.09. The second kappa shape index (κ2) is 6.90. The third-order valence-electron chi connectivity index (χ3n) is 4.79. The molecule has 0 bridgehead atoms. The van der Waals surface area contributed by atoms with Crippen molar-refractivity contribution in [3.63, 3.8) is 0 Å². The summed E-state index contributed by atoms with van der Waals surface area (Å²) in [7, 11) is 0. The standard InChI is InChI=1S/C20H19FN2O4/c1-12-2-3-14(21)9-16(12)22-20(25)13-8-19(24)23(11-13)15-4-5-17-18(10-15)27-7-6-26-17/h2-5,9-10,13H,6-8,11H2,1H3,(H,22,25)/t13-/m1/s1. The minimum Gasteiger partial charge on any atom is -0.486 e. The maximum Gasteiger partial charge on any atom is 0.229 e. The number of carbonyl (C=O) groups excluding carboxylic acids is 2. The van der Waals surface area contributed by atoms with Crippen LogP contribution in [0.1, 0.15) is 12.0 Å². The largest absolute Gasteiger partial charge is 0.486 e. The van der Waals surface area contributed by atoms with Gasteiger partial charge >= 0.3 is 0 Å². The second-order valence-corrected chi connectivity index (χ2v) is 6.68.